The number of hydrogen-bond acceptors (Lipinski definition) is 6. The maximum absolute atomic E-state index is 12.3. The molecule has 6 nitrogen and oxygen atoms in total. The summed E-state index contributed by atoms with van der Waals surface area (Å²) in [4.78, 5) is 23.4. The van der Waals surface area contributed by atoms with Crippen LogP contribution in [0.1, 0.15) is 13.8 Å². The lowest BCUT2D eigenvalue weighted by molar-refractivity contribution is 0.0791. The Kier molecular flexibility index (Phi) is 5.46. The fraction of sp³-hybridized carbons (Fsp3) is 0.333. The Labute approximate surface area is 132 Å². The molecule has 0 spiro atoms. The molecule has 1 amide bonds. The van der Waals surface area contributed by atoms with Crippen molar-refractivity contribution in [1.29, 1.82) is 0 Å². The Morgan fingerprint density at radius 3 is 2.59 bits per heavy atom. The van der Waals surface area contributed by atoms with Crippen molar-refractivity contribution in [3.63, 3.8) is 0 Å². The van der Waals surface area contributed by atoms with Gasteiger partial charge in [0.05, 0.1) is 0 Å². The molecule has 2 aromatic rings. The quantitative estimate of drug-likeness (QED) is 0.479. The molecule has 0 fully saturated rings. The summed E-state index contributed by atoms with van der Waals surface area (Å²) in [5.74, 6) is 0.401. The second-order valence-electron chi connectivity index (χ2n) is 4.42. The number of hydrogen-bond donors (Lipinski definition) is 0. The van der Waals surface area contributed by atoms with Gasteiger partial charge in [-0.15, -0.1) is 0 Å². The number of carbonyl (C=O) groups is 1. The van der Waals surface area contributed by atoms with Crippen molar-refractivity contribution < 1.29 is 13.9 Å². The van der Waals surface area contributed by atoms with Crippen LogP contribution in [-0.4, -0.2) is 34.9 Å². The molecule has 2 rings (SSSR count). The van der Waals surface area contributed by atoms with Crippen molar-refractivity contribution in [3.05, 3.63) is 40.8 Å². The summed E-state index contributed by atoms with van der Waals surface area (Å²) in [6, 6.07) is 7.84. The van der Waals surface area contributed by atoms with Crippen LogP contribution in [0, 0.1) is 0 Å². The lowest BCUT2D eigenvalue weighted by atomic mass is 10.2. The average molecular weight is 322 g/mol. The van der Waals surface area contributed by atoms with Gasteiger partial charge in [-0.25, -0.2) is 14.6 Å². The highest BCUT2D eigenvalue weighted by atomic mass is 32.2. The van der Waals surface area contributed by atoms with Crippen molar-refractivity contribution in [2.75, 3.05) is 19.3 Å². The van der Waals surface area contributed by atoms with E-state index in [4.69, 9.17) is 9.15 Å². The van der Waals surface area contributed by atoms with E-state index in [0.717, 1.165) is 0 Å². The maximum Gasteiger partial charge on any atom is 0.440 e. The molecule has 1 aromatic carbocycles. The largest absolute Gasteiger partial charge is 0.440 e. The number of benzene rings is 1. The summed E-state index contributed by atoms with van der Waals surface area (Å²) < 4.78 is 11.9. The van der Waals surface area contributed by atoms with E-state index < -0.39 is 11.7 Å². The first-order valence-electron chi connectivity index (χ1n) is 6.93. The van der Waals surface area contributed by atoms with Crippen molar-refractivity contribution >= 4 is 29.0 Å². The van der Waals surface area contributed by atoms with Gasteiger partial charge in [-0.2, -0.15) is 4.41 Å². The highest BCUT2D eigenvalue weighted by Crippen LogP contribution is 2.21. The van der Waals surface area contributed by atoms with Crippen molar-refractivity contribution in [2.45, 2.75) is 13.8 Å². The predicted octanol–water partition coefficient (Wildman–Crippen LogP) is 3.13. The van der Waals surface area contributed by atoms with Gasteiger partial charge in [0.25, 0.3) is 0 Å². The number of amides is 1. The Bertz CT molecular complexity index is 712. The van der Waals surface area contributed by atoms with Crippen LogP contribution >= 0.6 is 11.9 Å². The molecule has 0 bridgehead atoms. The molecule has 7 heteroatoms. The minimum absolute atomic E-state index is 0.401. The second-order valence-corrected chi connectivity index (χ2v) is 5.13. The summed E-state index contributed by atoms with van der Waals surface area (Å²) >= 11 is 1.28. The number of hydrazine groups is 1. The van der Waals surface area contributed by atoms with Crippen LogP contribution in [0.4, 0.5) is 4.79 Å². The van der Waals surface area contributed by atoms with Crippen molar-refractivity contribution in [3.8, 4) is 5.75 Å². The molecule has 22 heavy (non-hydrogen) atoms. The monoisotopic (exact) mass is 322 g/mol. The van der Waals surface area contributed by atoms with Crippen molar-refractivity contribution in [1.82, 2.24) is 9.42 Å². The molecule has 118 valence electrons. The van der Waals surface area contributed by atoms with E-state index >= 15 is 0 Å². The molecule has 0 aliphatic carbocycles. The number of nitrogens with zero attached hydrogens (tertiary/aromatic N) is 2. The Morgan fingerprint density at radius 1 is 1.23 bits per heavy atom. The van der Waals surface area contributed by atoms with Crippen LogP contribution in [-0.2, 0) is 0 Å². The number of carbonyl (C=O) groups excluding carboxylic acids is 1. The molecule has 0 saturated carbocycles. The van der Waals surface area contributed by atoms with Gasteiger partial charge in [-0.05, 0) is 36.2 Å². The van der Waals surface area contributed by atoms with Crippen LogP contribution in [0.2, 0.25) is 0 Å². The molecule has 0 atom stereocenters. The second kappa shape index (κ2) is 7.33. The zero-order chi connectivity index (χ0) is 16.1. The Morgan fingerprint density at radius 2 is 1.95 bits per heavy atom. The average Bonchev–Trinajstić information content (AvgIpc) is 2.52. The molecule has 0 N–H and O–H groups in total. The summed E-state index contributed by atoms with van der Waals surface area (Å²) in [6.07, 6.45) is 1.35. The van der Waals surface area contributed by atoms with E-state index in [9.17, 15) is 9.59 Å². The van der Waals surface area contributed by atoms with Gasteiger partial charge in [0.15, 0.2) is 0 Å². The van der Waals surface area contributed by atoms with Gasteiger partial charge >= 0.3 is 11.7 Å². The highest BCUT2D eigenvalue weighted by Gasteiger charge is 2.20. The molecular formula is C15H18N2O4S. The lowest BCUT2D eigenvalue weighted by Gasteiger charge is -2.29. The number of rotatable bonds is 5. The van der Waals surface area contributed by atoms with E-state index in [0.29, 0.717) is 29.8 Å². The van der Waals surface area contributed by atoms with Crippen LogP contribution < -0.4 is 10.4 Å². The Balaban J connectivity index is 2.20. The van der Waals surface area contributed by atoms with Gasteiger partial charge in [0.2, 0.25) is 0 Å². The fourth-order valence-corrected chi connectivity index (χ4v) is 2.69. The maximum atomic E-state index is 12.3. The van der Waals surface area contributed by atoms with E-state index in [-0.39, 0.29) is 0 Å². The molecule has 0 radical (unpaired) electrons. The van der Waals surface area contributed by atoms with Gasteiger partial charge in [0.1, 0.15) is 11.3 Å². The molecular weight excluding hydrogens is 304 g/mol. The first-order chi connectivity index (χ1) is 10.6. The minimum Gasteiger partial charge on any atom is -0.423 e. The third kappa shape index (κ3) is 3.61. The van der Waals surface area contributed by atoms with E-state index in [1.54, 1.807) is 24.3 Å². The zero-order valence-electron chi connectivity index (χ0n) is 12.7. The number of fused-ring (bicyclic) bond motifs is 1. The molecule has 0 unspecified atom stereocenters. The number of ether oxygens (including phenoxy) is 1. The molecule has 1 aromatic heterocycles. The third-order valence-corrected chi connectivity index (χ3v) is 3.84. The smallest absolute Gasteiger partial charge is 0.423 e. The van der Waals surface area contributed by atoms with E-state index in [2.05, 4.69) is 0 Å². The van der Waals surface area contributed by atoms with Crippen LogP contribution in [0.25, 0.3) is 11.0 Å². The predicted molar refractivity (Wildman–Crippen MR) is 86.8 cm³/mol. The standard InChI is InChI=1S/C15H18N2O4S/c1-4-16(5-2)17(22-3)15(19)20-12-7-8-13-11(10-12)6-9-14(18)21-13/h6-10H,4-5H2,1-3H3. The highest BCUT2D eigenvalue weighted by molar-refractivity contribution is 7.96. The fourth-order valence-electron chi connectivity index (χ4n) is 2.04. The summed E-state index contributed by atoms with van der Waals surface area (Å²) in [7, 11) is 0. The summed E-state index contributed by atoms with van der Waals surface area (Å²) in [5.41, 5.74) is 0.0464. The van der Waals surface area contributed by atoms with Crippen LogP contribution in [0.15, 0.2) is 39.5 Å². The van der Waals surface area contributed by atoms with Gasteiger partial charge < -0.3 is 9.15 Å². The van der Waals surface area contributed by atoms with E-state index in [1.807, 2.05) is 25.1 Å². The topological polar surface area (TPSA) is 63.0 Å². The lowest BCUT2D eigenvalue weighted by Crippen LogP contribution is -2.43. The normalized spacial score (nSPS) is 10.9. The molecule has 0 aliphatic rings. The third-order valence-electron chi connectivity index (χ3n) is 3.11. The molecule has 0 saturated heterocycles. The zero-order valence-corrected chi connectivity index (χ0v) is 13.6. The van der Waals surface area contributed by atoms with Gasteiger partial charge in [-0.3, -0.25) is 0 Å². The SMILES string of the molecule is CCN(CC)N(SC)C(=O)Oc1ccc2oc(=O)ccc2c1. The van der Waals surface area contributed by atoms with Gasteiger partial charge in [-0.1, -0.05) is 13.8 Å². The minimum atomic E-state index is -0.465. The van der Waals surface area contributed by atoms with Crippen LogP contribution in [0.5, 0.6) is 5.75 Å². The summed E-state index contributed by atoms with van der Waals surface area (Å²) in [6.45, 7) is 5.35. The summed E-state index contributed by atoms with van der Waals surface area (Å²) in [5, 5.41) is 2.57. The molecule has 1 heterocycles. The molecule has 0 aliphatic heterocycles. The van der Waals surface area contributed by atoms with Crippen LogP contribution in [0.3, 0.4) is 0 Å². The first kappa shape index (κ1) is 16.4. The van der Waals surface area contributed by atoms with E-state index in [1.165, 1.54) is 22.4 Å². The van der Waals surface area contributed by atoms with Crippen molar-refractivity contribution in [2.24, 2.45) is 0 Å². The Hall–Kier alpha value is -1.99. The van der Waals surface area contributed by atoms with Gasteiger partial charge in [0, 0.05) is 30.8 Å². The first-order valence-corrected chi connectivity index (χ1v) is 8.12.